The van der Waals surface area contributed by atoms with Gasteiger partial charge in [-0.25, -0.2) is 17.6 Å². The third kappa shape index (κ3) is 8.71. The minimum absolute atomic E-state index is 0.154. The van der Waals surface area contributed by atoms with Gasteiger partial charge in [0.15, 0.2) is 23.3 Å². The fraction of sp³-hybridized carbons (Fsp3) is 0.436. The molecule has 3 aromatic carbocycles. The van der Waals surface area contributed by atoms with Crippen molar-refractivity contribution in [2.45, 2.75) is 104 Å². The average Bonchev–Trinajstić information content (AvgIpc) is 3.02. The number of hydrogen-bond acceptors (Lipinski definition) is 0. The number of hydrogen-bond donors (Lipinski definition) is 0. The molecule has 0 bridgehead atoms. The van der Waals surface area contributed by atoms with E-state index in [1.165, 1.54) is 32.1 Å². The van der Waals surface area contributed by atoms with Crippen LogP contribution in [0.4, 0.5) is 17.6 Å². The minimum atomic E-state index is -0.885. The molecule has 0 amide bonds. The van der Waals surface area contributed by atoms with Gasteiger partial charge in [-0.15, -0.1) is 0 Å². The molecular weight excluding hydrogens is 544 g/mol. The third-order valence-corrected chi connectivity index (χ3v) is 8.89. The van der Waals surface area contributed by atoms with Gasteiger partial charge in [0.25, 0.3) is 0 Å². The van der Waals surface area contributed by atoms with Gasteiger partial charge in [0.05, 0.1) is 0 Å². The lowest BCUT2D eigenvalue weighted by molar-refractivity contribution is 0.452. The quantitative estimate of drug-likeness (QED) is 0.0938. The Balaban J connectivity index is 1.39. The Hall–Kier alpha value is -3.14. The Labute approximate surface area is 255 Å². The SMILES string of the molecule is C/C=C/CCC1CC=C(c2ccc(-c3ccc(-c4ccc(CCCCCCCCCC)c(F)c4F)cc3)c(F)c2F)CC1. The van der Waals surface area contributed by atoms with Crippen LogP contribution in [0.5, 0.6) is 0 Å². The van der Waals surface area contributed by atoms with Crippen molar-refractivity contribution in [1.29, 1.82) is 0 Å². The highest BCUT2D eigenvalue weighted by atomic mass is 19.2. The van der Waals surface area contributed by atoms with E-state index in [1.807, 2.05) is 6.92 Å². The first kappa shape index (κ1) is 32.8. The van der Waals surface area contributed by atoms with Crippen molar-refractivity contribution in [2.24, 2.45) is 5.92 Å². The highest BCUT2D eigenvalue weighted by Crippen LogP contribution is 2.37. The van der Waals surface area contributed by atoms with E-state index >= 15 is 13.2 Å². The van der Waals surface area contributed by atoms with Crippen LogP contribution in [0.25, 0.3) is 27.8 Å². The molecule has 0 saturated heterocycles. The standard InChI is InChI=1S/C39H46F4/c1-3-5-7-8-9-10-11-13-15-32-24-25-33(37(41)36(32)40)30-20-22-31(23-21-30)35-27-26-34(38(42)39(35)43)29-18-16-28(17-19-29)14-12-6-4-2/h4,6,18,20-28H,3,5,7-17,19H2,1-2H3/b6-4+. The summed E-state index contributed by atoms with van der Waals surface area (Å²) in [7, 11) is 0. The van der Waals surface area contributed by atoms with E-state index in [0.29, 0.717) is 34.6 Å². The summed E-state index contributed by atoms with van der Waals surface area (Å²) in [5.74, 6) is -2.80. The molecule has 0 aromatic heterocycles. The van der Waals surface area contributed by atoms with Crippen LogP contribution in [-0.4, -0.2) is 0 Å². The Kier molecular flexibility index (Phi) is 12.7. The number of unbranched alkanes of at least 4 members (excludes halogenated alkanes) is 7. The van der Waals surface area contributed by atoms with Crippen LogP contribution in [0, 0.1) is 29.2 Å². The van der Waals surface area contributed by atoms with Gasteiger partial charge in [-0.2, -0.15) is 0 Å². The average molecular weight is 591 g/mol. The zero-order chi connectivity index (χ0) is 30.6. The van der Waals surface area contributed by atoms with Gasteiger partial charge in [-0.05, 0) is 80.1 Å². The van der Waals surface area contributed by atoms with Crippen LogP contribution in [0.2, 0.25) is 0 Å². The van der Waals surface area contributed by atoms with E-state index in [-0.39, 0.29) is 11.1 Å². The largest absolute Gasteiger partial charge is 0.203 e. The van der Waals surface area contributed by atoms with Gasteiger partial charge in [0, 0.05) is 16.7 Å². The van der Waals surface area contributed by atoms with Gasteiger partial charge in [0.1, 0.15) is 0 Å². The molecule has 1 aliphatic carbocycles. The van der Waals surface area contributed by atoms with Crippen LogP contribution in [0.3, 0.4) is 0 Å². The molecule has 230 valence electrons. The number of aryl methyl sites for hydroxylation is 1. The molecule has 0 fully saturated rings. The van der Waals surface area contributed by atoms with E-state index in [9.17, 15) is 4.39 Å². The lowest BCUT2D eigenvalue weighted by atomic mass is 9.83. The first-order valence-electron chi connectivity index (χ1n) is 16.3. The molecule has 43 heavy (non-hydrogen) atoms. The van der Waals surface area contributed by atoms with E-state index in [2.05, 4.69) is 25.2 Å². The van der Waals surface area contributed by atoms with Gasteiger partial charge in [-0.1, -0.05) is 119 Å². The van der Waals surface area contributed by atoms with Crippen molar-refractivity contribution in [3.05, 3.63) is 101 Å². The highest BCUT2D eigenvalue weighted by molar-refractivity contribution is 5.74. The predicted octanol–water partition coefficient (Wildman–Crippen LogP) is 12.8. The summed E-state index contributed by atoms with van der Waals surface area (Å²) >= 11 is 0. The Morgan fingerprint density at radius 3 is 1.84 bits per heavy atom. The maximum absolute atomic E-state index is 15.3. The van der Waals surface area contributed by atoms with Crippen molar-refractivity contribution in [2.75, 3.05) is 0 Å². The topological polar surface area (TPSA) is 0 Å². The number of halogens is 4. The molecule has 3 aromatic rings. The van der Waals surface area contributed by atoms with Gasteiger partial charge < -0.3 is 0 Å². The van der Waals surface area contributed by atoms with Crippen LogP contribution < -0.4 is 0 Å². The molecule has 0 nitrogen and oxygen atoms in total. The Morgan fingerprint density at radius 2 is 1.23 bits per heavy atom. The summed E-state index contributed by atoms with van der Waals surface area (Å²) in [4.78, 5) is 0. The molecule has 1 atom stereocenters. The van der Waals surface area contributed by atoms with Gasteiger partial charge in [-0.3, -0.25) is 0 Å². The molecule has 0 aliphatic heterocycles. The smallest absolute Gasteiger partial charge is 0.167 e. The third-order valence-electron chi connectivity index (χ3n) is 8.89. The summed E-state index contributed by atoms with van der Waals surface area (Å²) in [5.41, 5.74) is 2.89. The molecule has 0 radical (unpaired) electrons. The minimum Gasteiger partial charge on any atom is -0.203 e. The zero-order valence-corrected chi connectivity index (χ0v) is 25.8. The maximum Gasteiger partial charge on any atom is 0.167 e. The lowest BCUT2D eigenvalue weighted by Gasteiger charge is -2.22. The monoisotopic (exact) mass is 590 g/mol. The van der Waals surface area contributed by atoms with Crippen LogP contribution >= 0.6 is 0 Å². The molecule has 4 heteroatoms. The first-order chi connectivity index (χ1) is 20.9. The van der Waals surface area contributed by atoms with Gasteiger partial charge >= 0.3 is 0 Å². The number of allylic oxidation sites excluding steroid dienone is 4. The second-order valence-corrected chi connectivity index (χ2v) is 12.0. The van der Waals surface area contributed by atoms with E-state index in [4.69, 9.17) is 0 Å². The predicted molar refractivity (Wildman–Crippen MR) is 173 cm³/mol. The molecule has 4 rings (SSSR count). The van der Waals surface area contributed by atoms with Crippen LogP contribution in [0.1, 0.15) is 108 Å². The van der Waals surface area contributed by atoms with Crippen molar-refractivity contribution >= 4 is 5.57 Å². The highest BCUT2D eigenvalue weighted by Gasteiger charge is 2.21. The van der Waals surface area contributed by atoms with Crippen molar-refractivity contribution < 1.29 is 17.6 Å². The summed E-state index contributed by atoms with van der Waals surface area (Å²) in [6, 6.07) is 13.1. The fourth-order valence-corrected chi connectivity index (χ4v) is 6.20. The molecular formula is C39H46F4. The summed E-state index contributed by atoms with van der Waals surface area (Å²) < 4.78 is 60.5. The molecule has 1 aliphatic rings. The van der Waals surface area contributed by atoms with E-state index in [0.717, 1.165) is 56.9 Å². The summed E-state index contributed by atoms with van der Waals surface area (Å²) in [6.07, 6.45) is 20.8. The van der Waals surface area contributed by atoms with Crippen molar-refractivity contribution in [3.8, 4) is 22.3 Å². The van der Waals surface area contributed by atoms with Crippen molar-refractivity contribution in [3.63, 3.8) is 0 Å². The molecule has 0 N–H and O–H groups in total. The van der Waals surface area contributed by atoms with Crippen LogP contribution in [-0.2, 0) is 6.42 Å². The first-order valence-corrected chi connectivity index (χ1v) is 16.3. The molecule has 1 unspecified atom stereocenters. The summed E-state index contributed by atoms with van der Waals surface area (Å²) in [6.45, 7) is 4.22. The lowest BCUT2D eigenvalue weighted by Crippen LogP contribution is -2.07. The van der Waals surface area contributed by atoms with Crippen LogP contribution in [0.15, 0.2) is 66.8 Å². The Morgan fingerprint density at radius 1 is 0.674 bits per heavy atom. The molecule has 0 spiro atoms. The van der Waals surface area contributed by atoms with Gasteiger partial charge in [0.2, 0.25) is 0 Å². The second kappa shape index (κ2) is 16.6. The molecule has 0 saturated carbocycles. The van der Waals surface area contributed by atoms with E-state index < -0.39 is 23.3 Å². The molecule has 0 heterocycles. The maximum atomic E-state index is 15.3. The summed E-state index contributed by atoms with van der Waals surface area (Å²) in [5, 5.41) is 0. The van der Waals surface area contributed by atoms with Crippen molar-refractivity contribution in [1.82, 2.24) is 0 Å². The second-order valence-electron chi connectivity index (χ2n) is 12.0. The normalized spacial score (nSPS) is 15.3. The fourth-order valence-electron chi connectivity index (χ4n) is 6.20. The number of benzene rings is 3. The Bertz CT molecular complexity index is 1380. The zero-order valence-electron chi connectivity index (χ0n) is 25.8. The number of rotatable bonds is 15. The van der Waals surface area contributed by atoms with E-state index in [1.54, 1.807) is 48.5 Å².